The third-order valence-corrected chi connectivity index (χ3v) is 4.45. The molecule has 9 heteroatoms. The van der Waals surface area contributed by atoms with Crippen LogP contribution in [0.5, 0.6) is 0 Å². The molecule has 148 valence electrons. The van der Waals surface area contributed by atoms with E-state index >= 15 is 0 Å². The number of amides is 1. The molecule has 2 aromatic heterocycles. The van der Waals surface area contributed by atoms with Gasteiger partial charge in [-0.05, 0) is 39.3 Å². The first-order valence-corrected chi connectivity index (χ1v) is 9.81. The Morgan fingerprint density at radius 2 is 2.00 bits per heavy atom. The van der Waals surface area contributed by atoms with Gasteiger partial charge in [-0.1, -0.05) is 11.8 Å². The van der Waals surface area contributed by atoms with Crippen molar-refractivity contribution < 1.29 is 14.3 Å². The molecule has 0 saturated heterocycles. The van der Waals surface area contributed by atoms with Gasteiger partial charge in [-0.2, -0.15) is 0 Å². The number of ether oxygens (including phenoxy) is 2. The van der Waals surface area contributed by atoms with E-state index in [1.54, 1.807) is 31.3 Å². The summed E-state index contributed by atoms with van der Waals surface area (Å²) >= 11 is 1.60. The van der Waals surface area contributed by atoms with Gasteiger partial charge in [0.1, 0.15) is 5.60 Å². The van der Waals surface area contributed by atoms with Gasteiger partial charge < -0.3 is 14.8 Å². The number of carbonyl (C=O) groups excluding carboxylic acids is 1. The molecule has 0 aromatic carbocycles. The first-order valence-electron chi connectivity index (χ1n) is 8.83. The van der Waals surface area contributed by atoms with E-state index in [0.717, 1.165) is 28.7 Å². The van der Waals surface area contributed by atoms with Gasteiger partial charge in [0.05, 0.1) is 13.2 Å². The van der Waals surface area contributed by atoms with Crippen molar-refractivity contribution in [3.05, 3.63) is 24.5 Å². The van der Waals surface area contributed by atoms with E-state index in [0.29, 0.717) is 19.7 Å². The minimum Gasteiger partial charge on any atom is -0.444 e. The number of alkyl carbamates (subject to hydrolysis) is 1. The van der Waals surface area contributed by atoms with Crippen LogP contribution in [0.2, 0.25) is 0 Å². The molecule has 0 spiro atoms. The summed E-state index contributed by atoms with van der Waals surface area (Å²) in [7, 11) is 1.67. The summed E-state index contributed by atoms with van der Waals surface area (Å²) in [5.41, 5.74) is 0.479. The van der Waals surface area contributed by atoms with Gasteiger partial charge in [-0.15, -0.1) is 10.2 Å². The zero-order valence-electron chi connectivity index (χ0n) is 16.3. The van der Waals surface area contributed by atoms with E-state index in [2.05, 4.69) is 20.5 Å². The average Bonchev–Trinajstić information content (AvgIpc) is 3.01. The molecule has 0 unspecified atom stereocenters. The molecule has 0 aliphatic carbocycles. The summed E-state index contributed by atoms with van der Waals surface area (Å²) in [6.45, 7) is 7.32. The lowest BCUT2D eigenvalue weighted by Crippen LogP contribution is -2.33. The molecule has 2 aromatic rings. The Hall–Kier alpha value is -2.13. The molecule has 0 aliphatic heterocycles. The van der Waals surface area contributed by atoms with Crippen molar-refractivity contribution in [3.63, 3.8) is 0 Å². The van der Waals surface area contributed by atoms with Gasteiger partial charge in [0.2, 0.25) is 0 Å². The minimum absolute atomic E-state index is 0.393. The molecule has 0 aliphatic rings. The molecule has 1 N–H and O–H groups in total. The molecule has 0 saturated carbocycles. The zero-order valence-corrected chi connectivity index (χ0v) is 17.1. The van der Waals surface area contributed by atoms with Crippen LogP contribution in [0.25, 0.3) is 11.4 Å². The van der Waals surface area contributed by atoms with Crippen LogP contribution in [0, 0.1) is 0 Å². The smallest absolute Gasteiger partial charge is 0.407 e. The maximum atomic E-state index is 11.6. The molecule has 27 heavy (non-hydrogen) atoms. The SMILES string of the molecule is COCCn1c(SCCCNC(=O)OC(C)(C)C)nnc1-c1ccncc1. The second-order valence-corrected chi connectivity index (χ2v) is 7.88. The highest BCUT2D eigenvalue weighted by molar-refractivity contribution is 7.99. The fraction of sp³-hybridized carbons (Fsp3) is 0.556. The highest BCUT2D eigenvalue weighted by Crippen LogP contribution is 2.23. The normalized spacial score (nSPS) is 11.4. The number of nitrogens with zero attached hydrogens (tertiary/aromatic N) is 4. The zero-order chi connectivity index (χ0) is 19.7. The Bertz CT molecular complexity index is 716. The van der Waals surface area contributed by atoms with Crippen molar-refractivity contribution in [1.29, 1.82) is 0 Å². The number of pyridine rings is 1. The summed E-state index contributed by atoms with van der Waals surface area (Å²) in [5, 5.41) is 12.2. The van der Waals surface area contributed by atoms with Crippen LogP contribution >= 0.6 is 11.8 Å². The number of rotatable bonds is 9. The number of aromatic nitrogens is 4. The molecule has 0 fully saturated rings. The predicted molar refractivity (Wildman–Crippen MR) is 105 cm³/mol. The van der Waals surface area contributed by atoms with E-state index < -0.39 is 11.7 Å². The van der Waals surface area contributed by atoms with Crippen LogP contribution in [0.1, 0.15) is 27.2 Å². The Morgan fingerprint density at radius 3 is 2.67 bits per heavy atom. The summed E-state index contributed by atoms with van der Waals surface area (Å²) in [6, 6.07) is 3.82. The van der Waals surface area contributed by atoms with E-state index in [1.807, 2.05) is 37.5 Å². The van der Waals surface area contributed by atoms with Gasteiger partial charge in [-0.25, -0.2) is 4.79 Å². The number of thioether (sulfide) groups is 1. The van der Waals surface area contributed by atoms with Crippen LogP contribution in [-0.2, 0) is 16.0 Å². The van der Waals surface area contributed by atoms with Gasteiger partial charge in [0.25, 0.3) is 0 Å². The monoisotopic (exact) mass is 393 g/mol. The molecular weight excluding hydrogens is 366 g/mol. The number of hydrogen-bond donors (Lipinski definition) is 1. The van der Waals surface area contributed by atoms with Crippen molar-refractivity contribution in [2.24, 2.45) is 0 Å². The first kappa shape index (κ1) is 21.2. The van der Waals surface area contributed by atoms with E-state index in [1.165, 1.54) is 0 Å². The highest BCUT2D eigenvalue weighted by atomic mass is 32.2. The molecule has 1 amide bonds. The molecule has 0 atom stereocenters. The van der Waals surface area contributed by atoms with Crippen molar-refractivity contribution >= 4 is 17.9 Å². The van der Waals surface area contributed by atoms with Gasteiger partial charge in [0.15, 0.2) is 11.0 Å². The van der Waals surface area contributed by atoms with Crippen molar-refractivity contribution in [3.8, 4) is 11.4 Å². The second-order valence-electron chi connectivity index (χ2n) is 6.82. The number of nitrogens with one attached hydrogen (secondary N) is 1. The molecular formula is C18H27N5O3S. The maximum absolute atomic E-state index is 11.6. The predicted octanol–water partition coefficient (Wildman–Crippen LogP) is 2.99. The summed E-state index contributed by atoms with van der Waals surface area (Å²) in [4.78, 5) is 15.7. The highest BCUT2D eigenvalue weighted by Gasteiger charge is 2.16. The van der Waals surface area contributed by atoms with E-state index in [4.69, 9.17) is 9.47 Å². The quantitative estimate of drug-likeness (QED) is 0.517. The third kappa shape index (κ3) is 7.18. The lowest BCUT2D eigenvalue weighted by Gasteiger charge is -2.19. The van der Waals surface area contributed by atoms with E-state index in [9.17, 15) is 4.79 Å². The lowest BCUT2D eigenvalue weighted by molar-refractivity contribution is 0.0528. The average molecular weight is 394 g/mol. The van der Waals surface area contributed by atoms with Gasteiger partial charge in [0, 0.05) is 37.4 Å². The minimum atomic E-state index is -0.486. The van der Waals surface area contributed by atoms with Crippen LogP contribution in [-0.4, -0.2) is 57.5 Å². The summed E-state index contributed by atoms with van der Waals surface area (Å²) in [5.74, 6) is 1.60. The van der Waals surface area contributed by atoms with Crippen molar-refractivity contribution in [1.82, 2.24) is 25.1 Å². The largest absolute Gasteiger partial charge is 0.444 e. The Labute approximate surface area is 164 Å². The first-order chi connectivity index (χ1) is 12.9. The Morgan fingerprint density at radius 1 is 1.26 bits per heavy atom. The number of carbonyl (C=O) groups is 1. The van der Waals surface area contributed by atoms with Crippen LogP contribution < -0.4 is 5.32 Å². The molecule has 8 nitrogen and oxygen atoms in total. The summed E-state index contributed by atoms with van der Waals surface area (Å²) < 4.78 is 12.5. The van der Waals surface area contributed by atoms with Crippen molar-refractivity contribution in [2.45, 2.75) is 44.5 Å². The topological polar surface area (TPSA) is 91.2 Å². The molecule has 2 rings (SSSR count). The lowest BCUT2D eigenvalue weighted by atomic mass is 10.2. The second kappa shape index (κ2) is 10.3. The van der Waals surface area contributed by atoms with Crippen LogP contribution in [0.4, 0.5) is 4.79 Å². The van der Waals surface area contributed by atoms with Crippen LogP contribution in [0.15, 0.2) is 29.7 Å². The van der Waals surface area contributed by atoms with Crippen LogP contribution in [0.3, 0.4) is 0 Å². The number of methoxy groups -OCH3 is 1. The third-order valence-electron chi connectivity index (χ3n) is 3.39. The molecule has 0 radical (unpaired) electrons. The van der Waals surface area contributed by atoms with E-state index in [-0.39, 0.29) is 0 Å². The van der Waals surface area contributed by atoms with Gasteiger partial charge in [-0.3, -0.25) is 9.55 Å². The number of hydrogen-bond acceptors (Lipinski definition) is 7. The molecule has 2 heterocycles. The standard InChI is InChI=1S/C18H27N5O3S/c1-18(2,3)26-17(24)20-8-5-13-27-16-22-21-15(23(16)11-12-25-4)14-6-9-19-10-7-14/h6-7,9-10H,5,8,11-13H2,1-4H3,(H,20,24). The fourth-order valence-electron chi connectivity index (χ4n) is 2.23. The van der Waals surface area contributed by atoms with Gasteiger partial charge >= 0.3 is 6.09 Å². The Balaban J connectivity index is 1.89. The fourth-order valence-corrected chi connectivity index (χ4v) is 3.14. The molecule has 0 bridgehead atoms. The maximum Gasteiger partial charge on any atom is 0.407 e. The Kier molecular flexibility index (Phi) is 8.05. The van der Waals surface area contributed by atoms with Crippen molar-refractivity contribution in [2.75, 3.05) is 26.0 Å². The summed E-state index contributed by atoms with van der Waals surface area (Å²) in [6.07, 6.45) is 3.88.